The zero-order valence-electron chi connectivity index (χ0n) is 11.0. The third kappa shape index (κ3) is 4.45. The molecule has 0 aliphatic carbocycles. The van der Waals surface area contributed by atoms with E-state index in [-0.39, 0.29) is 12.5 Å². The lowest BCUT2D eigenvalue weighted by molar-refractivity contribution is -0.136. The molecule has 0 spiro atoms. The molecule has 1 aliphatic rings. The minimum Gasteiger partial charge on any atom is -0.481 e. The van der Waals surface area contributed by atoms with Crippen LogP contribution < -0.4 is 5.32 Å². The molecule has 106 valence electrons. The number of ether oxygens (including phenoxy) is 1. The molecule has 2 rings (SSSR count). The zero-order valence-corrected chi connectivity index (χ0v) is 11.8. The average molecular weight is 285 g/mol. The number of carbonyl (C=O) groups is 1. The molecule has 6 nitrogen and oxygen atoms in total. The molecule has 1 fully saturated rings. The summed E-state index contributed by atoms with van der Waals surface area (Å²) in [5, 5.41) is 14.4. The quantitative estimate of drug-likeness (QED) is 0.809. The van der Waals surface area contributed by atoms with Crippen LogP contribution in [0.1, 0.15) is 12.6 Å². The first-order valence-corrected chi connectivity index (χ1v) is 7.29. The first-order chi connectivity index (χ1) is 9.17. The topological polar surface area (TPSA) is 74.7 Å². The normalized spacial score (nSPS) is 20.4. The molecular formula is C12H19N3O3S. The van der Waals surface area contributed by atoms with Crippen LogP contribution in [-0.4, -0.2) is 59.8 Å². The Morgan fingerprint density at radius 2 is 2.58 bits per heavy atom. The number of carboxylic acids is 1. The van der Waals surface area contributed by atoms with E-state index >= 15 is 0 Å². The van der Waals surface area contributed by atoms with Gasteiger partial charge in [0.05, 0.1) is 24.8 Å². The molecule has 19 heavy (non-hydrogen) atoms. The van der Waals surface area contributed by atoms with Gasteiger partial charge in [-0.1, -0.05) is 6.92 Å². The van der Waals surface area contributed by atoms with Gasteiger partial charge in [0.2, 0.25) is 0 Å². The Kier molecular flexibility index (Phi) is 5.12. The van der Waals surface area contributed by atoms with E-state index in [0.717, 1.165) is 31.4 Å². The number of hydrogen-bond acceptors (Lipinski definition) is 6. The Labute approximate surface area is 116 Å². The van der Waals surface area contributed by atoms with Crippen molar-refractivity contribution in [3.63, 3.8) is 0 Å². The van der Waals surface area contributed by atoms with Crippen molar-refractivity contribution in [1.82, 2.24) is 9.88 Å². The lowest BCUT2D eigenvalue weighted by atomic mass is 10.2. The van der Waals surface area contributed by atoms with E-state index in [4.69, 9.17) is 9.84 Å². The Hall–Kier alpha value is -1.18. The van der Waals surface area contributed by atoms with Crippen molar-refractivity contribution in [2.75, 3.05) is 38.1 Å². The van der Waals surface area contributed by atoms with Gasteiger partial charge in [-0.25, -0.2) is 4.98 Å². The van der Waals surface area contributed by atoms with Crippen molar-refractivity contribution in [3.8, 4) is 0 Å². The van der Waals surface area contributed by atoms with Gasteiger partial charge >= 0.3 is 5.97 Å². The lowest BCUT2D eigenvalue weighted by Gasteiger charge is -2.32. The standard InChI is InChI=1S/C12H19N3O3S/c1-2-15-3-4-18-10(7-15)6-13-12-14-9(8-19-12)5-11(16)17/h8,10H,2-7H2,1H3,(H,13,14)(H,16,17). The van der Waals surface area contributed by atoms with E-state index in [1.54, 1.807) is 5.38 Å². The Morgan fingerprint density at radius 3 is 3.32 bits per heavy atom. The summed E-state index contributed by atoms with van der Waals surface area (Å²) in [6, 6.07) is 0. The van der Waals surface area contributed by atoms with Gasteiger partial charge < -0.3 is 15.2 Å². The maximum Gasteiger partial charge on any atom is 0.309 e. The third-order valence-corrected chi connectivity index (χ3v) is 3.88. The van der Waals surface area contributed by atoms with Crippen LogP contribution in [0.4, 0.5) is 5.13 Å². The summed E-state index contributed by atoms with van der Waals surface area (Å²) in [4.78, 5) is 17.2. The predicted molar refractivity (Wildman–Crippen MR) is 73.8 cm³/mol. The molecular weight excluding hydrogens is 266 g/mol. The molecule has 0 aromatic carbocycles. The van der Waals surface area contributed by atoms with Gasteiger partial charge in [-0.3, -0.25) is 9.69 Å². The number of nitrogens with one attached hydrogen (secondary N) is 1. The summed E-state index contributed by atoms with van der Waals surface area (Å²) < 4.78 is 5.68. The second kappa shape index (κ2) is 6.83. The number of aliphatic carboxylic acids is 1. The molecule has 1 saturated heterocycles. The maximum atomic E-state index is 10.6. The Balaban J connectivity index is 1.78. The number of aromatic nitrogens is 1. The monoisotopic (exact) mass is 285 g/mol. The van der Waals surface area contributed by atoms with Crippen LogP contribution in [0.5, 0.6) is 0 Å². The number of carboxylic acid groups (broad SMARTS) is 1. The fourth-order valence-electron chi connectivity index (χ4n) is 2.02. The Morgan fingerprint density at radius 1 is 1.74 bits per heavy atom. The first-order valence-electron chi connectivity index (χ1n) is 6.41. The third-order valence-electron chi connectivity index (χ3n) is 3.04. The largest absolute Gasteiger partial charge is 0.481 e. The molecule has 0 bridgehead atoms. The van der Waals surface area contributed by atoms with Gasteiger partial charge in [0.1, 0.15) is 0 Å². The first kappa shape index (κ1) is 14.2. The summed E-state index contributed by atoms with van der Waals surface area (Å²) >= 11 is 1.43. The summed E-state index contributed by atoms with van der Waals surface area (Å²) in [6.07, 6.45) is 0.141. The number of morpholine rings is 1. The number of nitrogens with zero attached hydrogens (tertiary/aromatic N) is 2. The minimum atomic E-state index is -0.856. The molecule has 1 atom stereocenters. The molecule has 2 heterocycles. The lowest BCUT2D eigenvalue weighted by Crippen LogP contribution is -2.45. The van der Waals surface area contributed by atoms with E-state index in [1.165, 1.54) is 11.3 Å². The number of thiazole rings is 1. The molecule has 0 saturated carbocycles. The van der Waals surface area contributed by atoms with E-state index < -0.39 is 5.97 Å². The molecule has 7 heteroatoms. The minimum absolute atomic E-state index is 0.0261. The van der Waals surface area contributed by atoms with E-state index in [1.807, 2.05) is 0 Å². The summed E-state index contributed by atoms with van der Waals surface area (Å²) in [7, 11) is 0. The van der Waals surface area contributed by atoms with Gasteiger partial charge in [-0.15, -0.1) is 11.3 Å². The SMILES string of the molecule is CCN1CCOC(CNc2nc(CC(=O)O)cs2)C1. The van der Waals surface area contributed by atoms with Crippen molar-refractivity contribution in [1.29, 1.82) is 0 Å². The fraction of sp³-hybridized carbons (Fsp3) is 0.667. The van der Waals surface area contributed by atoms with Crippen molar-refractivity contribution >= 4 is 22.4 Å². The second-order valence-electron chi connectivity index (χ2n) is 4.48. The molecule has 1 aliphatic heterocycles. The van der Waals surface area contributed by atoms with Crippen molar-refractivity contribution in [2.45, 2.75) is 19.4 Å². The maximum absolute atomic E-state index is 10.6. The van der Waals surface area contributed by atoms with Gasteiger partial charge in [0.15, 0.2) is 5.13 Å². The van der Waals surface area contributed by atoms with Crippen LogP contribution in [0, 0.1) is 0 Å². The van der Waals surface area contributed by atoms with Crippen LogP contribution >= 0.6 is 11.3 Å². The summed E-state index contributed by atoms with van der Waals surface area (Å²) in [5.74, 6) is -0.856. The van der Waals surface area contributed by atoms with Crippen molar-refractivity contribution in [3.05, 3.63) is 11.1 Å². The van der Waals surface area contributed by atoms with Gasteiger partial charge in [0, 0.05) is 25.0 Å². The number of likely N-dealkylation sites (N-methyl/N-ethyl adjacent to an activating group) is 1. The summed E-state index contributed by atoms with van der Waals surface area (Å²) in [6.45, 7) is 6.58. The van der Waals surface area contributed by atoms with Crippen LogP contribution in [0.3, 0.4) is 0 Å². The molecule has 2 N–H and O–H groups in total. The molecule has 0 amide bonds. The van der Waals surface area contributed by atoms with E-state index in [9.17, 15) is 4.79 Å². The van der Waals surface area contributed by atoms with E-state index in [2.05, 4.69) is 22.1 Å². The van der Waals surface area contributed by atoms with Gasteiger partial charge in [0.25, 0.3) is 0 Å². The van der Waals surface area contributed by atoms with Crippen LogP contribution in [0.2, 0.25) is 0 Å². The fourth-order valence-corrected chi connectivity index (χ4v) is 2.74. The highest BCUT2D eigenvalue weighted by Gasteiger charge is 2.19. The highest BCUT2D eigenvalue weighted by molar-refractivity contribution is 7.13. The average Bonchev–Trinajstić information content (AvgIpc) is 2.83. The van der Waals surface area contributed by atoms with E-state index in [0.29, 0.717) is 12.2 Å². The number of rotatable bonds is 6. The molecule has 1 aromatic heterocycles. The zero-order chi connectivity index (χ0) is 13.7. The highest BCUT2D eigenvalue weighted by atomic mass is 32.1. The van der Waals surface area contributed by atoms with Crippen LogP contribution in [0.15, 0.2) is 5.38 Å². The van der Waals surface area contributed by atoms with Crippen molar-refractivity contribution < 1.29 is 14.6 Å². The molecule has 1 aromatic rings. The molecule has 1 unspecified atom stereocenters. The van der Waals surface area contributed by atoms with Gasteiger partial charge in [-0.05, 0) is 6.54 Å². The number of anilines is 1. The molecule has 0 radical (unpaired) electrons. The van der Waals surface area contributed by atoms with Crippen molar-refractivity contribution in [2.24, 2.45) is 0 Å². The second-order valence-corrected chi connectivity index (χ2v) is 5.34. The van der Waals surface area contributed by atoms with Crippen LogP contribution in [0.25, 0.3) is 0 Å². The number of hydrogen-bond donors (Lipinski definition) is 2. The Bertz CT molecular complexity index is 424. The predicted octanol–water partition coefficient (Wildman–Crippen LogP) is 0.903. The van der Waals surface area contributed by atoms with Crippen LogP contribution in [-0.2, 0) is 16.0 Å². The summed E-state index contributed by atoms with van der Waals surface area (Å²) in [5.41, 5.74) is 0.597. The smallest absolute Gasteiger partial charge is 0.309 e. The van der Waals surface area contributed by atoms with Gasteiger partial charge in [-0.2, -0.15) is 0 Å². The highest BCUT2D eigenvalue weighted by Crippen LogP contribution is 2.16.